The molecule has 1 aliphatic rings. The summed E-state index contributed by atoms with van der Waals surface area (Å²) in [6, 6.07) is 19.6. The van der Waals surface area contributed by atoms with Crippen molar-refractivity contribution in [3.63, 3.8) is 0 Å². The van der Waals surface area contributed by atoms with Crippen LogP contribution in [0, 0.1) is 5.82 Å². The molecule has 2 amide bonds. The monoisotopic (exact) mass is 465 g/mol. The summed E-state index contributed by atoms with van der Waals surface area (Å²) >= 11 is 1.47. The van der Waals surface area contributed by atoms with E-state index >= 15 is 0 Å². The van der Waals surface area contributed by atoms with Gasteiger partial charge < -0.3 is 14.4 Å². The zero-order valence-corrected chi connectivity index (χ0v) is 19.7. The van der Waals surface area contributed by atoms with Crippen LogP contribution in [-0.2, 0) is 16.1 Å². The van der Waals surface area contributed by atoms with Gasteiger partial charge in [0.05, 0.1) is 11.8 Å². The second-order valence-electron chi connectivity index (χ2n) is 8.39. The maximum atomic E-state index is 14.0. The Balaban J connectivity index is 1.52. The van der Waals surface area contributed by atoms with Gasteiger partial charge in [-0.2, -0.15) is 0 Å². The summed E-state index contributed by atoms with van der Waals surface area (Å²) in [6.45, 7) is 5.01. The van der Waals surface area contributed by atoms with E-state index in [-0.39, 0.29) is 42.0 Å². The van der Waals surface area contributed by atoms with Crippen molar-refractivity contribution < 1.29 is 14.0 Å². The van der Waals surface area contributed by atoms with E-state index in [0.29, 0.717) is 13.1 Å². The summed E-state index contributed by atoms with van der Waals surface area (Å²) in [7, 11) is 0. The summed E-state index contributed by atoms with van der Waals surface area (Å²) in [5, 5.41) is 0. The molecule has 1 unspecified atom stereocenters. The largest absolute Gasteiger partial charge is 0.348 e. The lowest BCUT2D eigenvalue weighted by Crippen LogP contribution is -2.50. The van der Waals surface area contributed by atoms with Crippen molar-refractivity contribution in [3.05, 3.63) is 90.0 Å². The number of carbonyl (C=O) groups is 2. The summed E-state index contributed by atoms with van der Waals surface area (Å²) in [4.78, 5) is 31.0. The van der Waals surface area contributed by atoms with Crippen LogP contribution < -0.4 is 0 Å². The molecule has 4 rings (SSSR count). The van der Waals surface area contributed by atoms with Crippen LogP contribution in [0.2, 0.25) is 0 Å². The van der Waals surface area contributed by atoms with Gasteiger partial charge >= 0.3 is 0 Å². The first-order valence-electron chi connectivity index (χ1n) is 11.1. The maximum Gasteiger partial charge on any atom is 0.243 e. The molecular formula is C26H28FN3O2S. The van der Waals surface area contributed by atoms with E-state index in [1.807, 2.05) is 68.6 Å². The van der Waals surface area contributed by atoms with Crippen LogP contribution >= 0.6 is 11.8 Å². The molecule has 172 valence electrons. The van der Waals surface area contributed by atoms with E-state index in [1.54, 1.807) is 15.9 Å². The predicted octanol–water partition coefficient (Wildman–Crippen LogP) is 4.59. The summed E-state index contributed by atoms with van der Waals surface area (Å²) < 4.78 is 16.1. The van der Waals surface area contributed by atoms with Crippen molar-refractivity contribution in [3.8, 4) is 0 Å². The predicted molar refractivity (Wildman–Crippen MR) is 128 cm³/mol. The highest BCUT2D eigenvalue weighted by Gasteiger charge is 2.34. The molecule has 0 fully saturated rings. The van der Waals surface area contributed by atoms with Gasteiger partial charge in [-0.05, 0) is 55.8 Å². The first kappa shape index (κ1) is 23.1. The molecule has 0 bridgehead atoms. The minimum absolute atomic E-state index is 0.00161. The molecule has 0 aliphatic carbocycles. The fourth-order valence-electron chi connectivity index (χ4n) is 4.22. The third-order valence-electron chi connectivity index (χ3n) is 5.88. The Labute approximate surface area is 198 Å². The van der Waals surface area contributed by atoms with Crippen molar-refractivity contribution in [2.75, 3.05) is 18.8 Å². The van der Waals surface area contributed by atoms with E-state index in [9.17, 15) is 14.0 Å². The molecule has 0 radical (unpaired) electrons. The molecule has 2 aromatic carbocycles. The third kappa shape index (κ3) is 5.30. The summed E-state index contributed by atoms with van der Waals surface area (Å²) in [5.41, 5.74) is 1.67. The minimum atomic E-state index is -0.389. The van der Waals surface area contributed by atoms with E-state index in [0.717, 1.165) is 16.2 Å². The molecule has 0 N–H and O–H groups in total. The van der Waals surface area contributed by atoms with Crippen molar-refractivity contribution in [1.82, 2.24) is 14.4 Å². The van der Waals surface area contributed by atoms with Crippen molar-refractivity contribution in [2.45, 2.75) is 37.4 Å². The molecule has 33 heavy (non-hydrogen) atoms. The Morgan fingerprint density at radius 3 is 2.58 bits per heavy atom. The number of halogens is 1. The Hall–Kier alpha value is -3.06. The first-order chi connectivity index (χ1) is 15.9. The number of nitrogens with zero attached hydrogens (tertiary/aromatic N) is 3. The first-order valence-corrected chi connectivity index (χ1v) is 12.1. The topological polar surface area (TPSA) is 45.6 Å². The van der Waals surface area contributed by atoms with E-state index in [1.165, 1.54) is 23.9 Å². The van der Waals surface area contributed by atoms with Crippen LogP contribution in [0.4, 0.5) is 4.39 Å². The normalized spacial score (nSPS) is 15.4. The van der Waals surface area contributed by atoms with E-state index < -0.39 is 0 Å². The maximum absolute atomic E-state index is 14.0. The second-order valence-corrected chi connectivity index (χ2v) is 9.44. The lowest BCUT2D eigenvalue weighted by Gasteiger charge is -2.39. The number of carbonyl (C=O) groups excluding carboxylic acids is 2. The second kappa shape index (κ2) is 10.3. The number of rotatable bonds is 7. The van der Waals surface area contributed by atoms with Gasteiger partial charge in [0.2, 0.25) is 11.8 Å². The molecule has 3 aromatic rings. The molecule has 5 nitrogen and oxygen atoms in total. The van der Waals surface area contributed by atoms with Crippen molar-refractivity contribution in [1.29, 1.82) is 0 Å². The van der Waals surface area contributed by atoms with Gasteiger partial charge in [0.25, 0.3) is 0 Å². The number of hydrogen-bond donors (Lipinski definition) is 0. The molecule has 1 aliphatic heterocycles. The minimum Gasteiger partial charge on any atom is -0.348 e. The molecule has 7 heteroatoms. The van der Waals surface area contributed by atoms with Crippen LogP contribution in [0.1, 0.15) is 31.1 Å². The number of thioether (sulfide) groups is 1. The third-order valence-corrected chi connectivity index (χ3v) is 6.87. The van der Waals surface area contributed by atoms with E-state index in [2.05, 4.69) is 4.57 Å². The number of benzene rings is 2. The Kier molecular flexibility index (Phi) is 7.18. The van der Waals surface area contributed by atoms with Gasteiger partial charge in [-0.25, -0.2) is 4.39 Å². The van der Waals surface area contributed by atoms with Gasteiger partial charge in [-0.1, -0.05) is 30.3 Å². The quantitative estimate of drug-likeness (QED) is 0.480. The average Bonchev–Trinajstić information content (AvgIpc) is 3.29. The number of fused-ring (bicyclic) bond motifs is 1. The van der Waals surface area contributed by atoms with Crippen molar-refractivity contribution in [2.24, 2.45) is 0 Å². The van der Waals surface area contributed by atoms with Gasteiger partial charge in [-0.15, -0.1) is 11.8 Å². The number of hydrogen-bond acceptors (Lipinski definition) is 3. The SMILES string of the molecule is CC(C)N(CC(=O)N1CCn2cccc2C1c1cccc(F)c1)C(=O)CSc1ccccc1. The van der Waals surface area contributed by atoms with Gasteiger partial charge in [0.1, 0.15) is 12.4 Å². The summed E-state index contributed by atoms with van der Waals surface area (Å²) in [6.07, 6.45) is 1.98. The smallest absolute Gasteiger partial charge is 0.243 e. The van der Waals surface area contributed by atoms with Gasteiger partial charge in [0, 0.05) is 35.9 Å². The molecule has 0 spiro atoms. The highest BCUT2D eigenvalue weighted by molar-refractivity contribution is 8.00. The standard InChI is InChI=1S/C26H28FN3O2S/c1-19(2)30(25(32)18-33-22-10-4-3-5-11-22)17-24(31)29-15-14-28-13-7-12-23(28)26(29)20-8-6-9-21(27)16-20/h3-13,16,19,26H,14-15,17-18H2,1-2H3. The zero-order chi connectivity index (χ0) is 23.4. The highest BCUT2D eigenvalue weighted by atomic mass is 32.2. The Morgan fingerprint density at radius 2 is 1.85 bits per heavy atom. The van der Waals surface area contributed by atoms with Gasteiger partial charge in [0.15, 0.2) is 0 Å². The van der Waals surface area contributed by atoms with Crippen LogP contribution in [0.15, 0.2) is 77.8 Å². The molecular weight excluding hydrogens is 437 g/mol. The van der Waals surface area contributed by atoms with Crippen LogP contribution in [0.5, 0.6) is 0 Å². The molecule has 1 aromatic heterocycles. The fourth-order valence-corrected chi connectivity index (χ4v) is 5.03. The van der Waals surface area contributed by atoms with Crippen molar-refractivity contribution >= 4 is 23.6 Å². The van der Waals surface area contributed by atoms with Gasteiger partial charge in [-0.3, -0.25) is 9.59 Å². The molecule has 0 saturated carbocycles. The number of aromatic nitrogens is 1. The highest BCUT2D eigenvalue weighted by Crippen LogP contribution is 2.33. The van der Waals surface area contributed by atoms with Crippen LogP contribution in [0.25, 0.3) is 0 Å². The molecule has 1 atom stereocenters. The van der Waals surface area contributed by atoms with Crippen LogP contribution in [-0.4, -0.2) is 51.1 Å². The van der Waals surface area contributed by atoms with E-state index in [4.69, 9.17) is 0 Å². The molecule has 2 heterocycles. The lowest BCUT2D eigenvalue weighted by molar-refractivity contribution is -0.142. The Bertz CT molecular complexity index is 1120. The fraction of sp³-hybridized carbons (Fsp3) is 0.308. The lowest BCUT2D eigenvalue weighted by atomic mass is 9.99. The zero-order valence-electron chi connectivity index (χ0n) is 18.9. The van der Waals surface area contributed by atoms with Crippen LogP contribution in [0.3, 0.4) is 0 Å². The number of amides is 2. The molecule has 0 saturated heterocycles. The average molecular weight is 466 g/mol. The summed E-state index contributed by atoms with van der Waals surface area (Å²) in [5.74, 6) is -0.273. The Morgan fingerprint density at radius 1 is 1.06 bits per heavy atom.